The van der Waals surface area contributed by atoms with Gasteiger partial charge in [-0.2, -0.15) is 5.10 Å². The molecule has 0 saturated heterocycles. The molecule has 0 bridgehead atoms. The van der Waals surface area contributed by atoms with Crippen LogP contribution in [0, 0.1) is 0 Å². The number of ketones is 1. The molecule has 0 unspecified atom stereocenters. The first kappa shape index (κ1) is 23.8. The van der Waals surface area contributed by atoms with Crippen molar-refractivity contribution in [1.82, 2.24) is 15.5 Å². The Morgan fingerprint density at radius 3 is 2.38 bits per heavy atom. The predicted molar refractivity (Wildman–Crippen MR) is 135 cm³/mol. The van der Waals surface area contributed by atoms with Gasteiger partial charge in [0.15, 0.2) is 5.78 Å². The third-order valence-corrected chi connectivity index (χ3v) is 5.97. The lowest BCUT2D eigenvalue weighted by atomic mass is 9.86. The molecule has 1 aliphatic rings. The minimum Gasteiger partial charge on any atom is -0.444 e. The van der Waals surface area contributed by atoms with Crippen molar-refractivity contribution in [2.45, 2.75) is 64.9 Å². The van der Waals surface area contributed by atoms with E-state index in [1.807, 2.05) is 57.2 Å². The van der Waals surface area contributed by atoms with Gasteiger partial charge in [0, 0.05) is 35.3 Å². The van der Waals surface area contributed by atoms with Gasteiger partial charge in [0.25, 0.3) is 0 Å². The smallest absolute Gasteiger partial charge is 0.407 e. The topological polar surface area (TPSA) is 96.1 Å². The molecule has 1 heterocycles. The highest BCUT2D eigenvalue weighted by molar-refractivity contribution is 6.27. The van der Waals surface area contributed by atoms with Gasteiger partial charge in [-0.3, -0.25) is 9.89 Å². The Hall–Kier alpha value is -3.35. The summed E-state index contributed by atoms with van der Waals surface area (Å²) in [5.74, 6) is 0.0533. The number of alkyl carbamates (subject to hydrolysis) is 1. The van der Waals surface area contributed by atoms with Crippen molar-refractivity contribution in [3.8, 4) is 11.3 Å². The number of aromatic nitrogens is 2. The lowest BCUT2D eigenvalue weighted by Gasteiger charge is -2.19. The van der Waals surface area contributed by atoms with Gasteiger partial charge in [0.1, 0.15) is 11.3 Å². The van der Waals surface area contributed by atoms with E-state index in [0.717, 1.165) is 72.9 Å². The van der Waals surface area contributed by atoms with Gasteiger partial charge < -0.3 is 15.4 Å². The number of ether oxygens (including phenoxy) is 1. The second-order valence-electron chi connectivity index (χ2n) is 9.83. The lowest BCUT2D eigenvalue weighted by molar-refractivity contribution is 0.0526. The third-order valence-electron chi connectivity index (χ3n) is 5.97. The summed E-state index contributed by atoms with van der Waals surface area (Å²) in [5.41, 5.74) is 4.48. The van der Waals surface area contributed by atoms with Gasteiger partial charge in [-0.1, -0.05) is 49.9 Å². The van der Waals surface area contributed by atoms with Gasteiger partial charge in [0.2, 0.25) is 0 Å². The van der Waals surface area contributed by atoms with Crippen LogP contribution in [0.1, 0.15) is 75.2 Å². The largest absolute Gasteiger partial charge is 0.444 e. The Labute approximate surface area is 200 Å². The molecule has 3 aromatic rings. The number of carbonyl (C=O) groups is 2. The maximum Gasteiger partial charge on any atom is 0.407 e. The maximum absolute atomic E-state index is 13.3. The summed E-state index contributed by atoms with van der Waals surface area (Å²) in [6.45, 7) is 7.06. The number of nitrogens with one attached hydrogen (secondary N) is 3. The van der Waals surface area contributed by atoms with Gasteiger partial charge >= 0.3 is 6.09 Å². The van der Waals surface area contributed by atoms with Gasteiger partial charge in [0.05, 0.1) is 11.1 Å². The molecule has 7 heteroatoms. The average molecular weight is 463 g/mol. The van der Waals surface area contributed by atoms with Crippen molar-refractivity contribution in [3.63, 3.8) is 0 Å². The molecule has 0 spiro atoms. The number of carbonyl (C=O) groups excluding carboxylic acids is 2. The van der Waals surface area contributed by atoms with E-state index < -0.39 is 5.60 Å². The van der Waals surface area contributed by atoms with E-state index in [4.69, 9.17) is 4.74 Å². The molecule has 4 rings (SSSR count). The van der Waals surface area contributed by atoms with E-state index in [1.165, 1.54) is 0 Å². The fourth-order valence-electron chi connectivity index (χ4n) is 4.42. The number of unbranched alkanes of at least 4 members (excludes halogenated alkanes) is 5. The zero-order valence-corrected chi connectivity index (χ0v) is 20.3. The number of hydrogen-bond acceptors (Lipinski definition) is 5. The number of nitrogens with zero attached hydrogens (tertiary/aromatic N) is 1. The molecule has 3 N–H and O–H groups in total. The van der Waals surface area contributed by atoms with Crippen LogP contribution in [0.5, 0.6) is 0 Å². The molecule has 0 aliphatic heterocycles. The Morgan fingerprint density at radius 1 is 0.941 bits per heavy atom. The van der Waals surface area contributed by atoms with Crippen LogP contribution in [0.15, 0.2) is 36.4 Å². The molecule has 34 heavy (non-hydrogen) atoms. The molecule has 2 aromatic carbocycles. The Balaban J connectivity index is 1.19. The van der Waals surface area contributed by atoms with Crippen molar-refractivity contribution >= 4 is 28.5 Å². The number of H-pyrrole nitrogens is 1. The Morgan fingerprint density at radius 2 is 1.62 bits per heavy atom. The number of anilines is 1. The van der Waals surface area contributed by atoms with Crippen LogP contribution >= 0.6 is 0 Å². The number of aromatic amines is 1. The average Bonchev–Trinajstić information content (AvgIpc) is 3.22. The molecule has 180 valence electrons. The van der Waals surface area contributed by atoms with Crippen molar-refractivity contribution in [2.75, 3.05) is 18.4 Å². The number of rotatable bonds is 10. The van der Waals surface area contributed by atoms with E-state index in [9.17, 15) is 9.59 Å². The zero-order chi connectivity index (χ0) is 24.1. The summed E-state index contributed by atoms with van der Waals surface area (Å²) < 4.78 is 5.23. The molecular formula is C27H34N4O3. The number of benzene rings is 2. The van der Waals surface area contributed by atoms with Crippen LogP contribution in [0.25, 0.3) is 22.2 Å². The first-order chi connectivity index (χ1) is 16.3. The fraction of sp³-hybridized carbons (Fsp3) is 0.444. The van der Waals surface area contributed by atoms with Crippen LogP contribution in [-0.2, 0) is 4.74 Å². The van der Waals surface area contributed by atoms with E-state index in [1.54, 1.807) is 0 Å². The van der Waals surface area contributed by atoms with Crippen molar-refractivity contribution in [3.05, 3.63) is 47.5 Å². The highest BCUT2D eigenvalue weighted by atomic mass is 16.6. The van der Waals surface area contributed by atoms with Gasteiger partial charge in [-0.05, 0) is 45.7 Å². The minimum absolute atomic E-state index is 0.0533. The fourth-order valence-corrected chi connectivity index (χ4v) is 4.42. The quantitative estimate of drug-likeness (QED) is 0.249. The van der Waals surface area contributed by atoms with E-state index in [2.05, 4.69) is 20.8 Å². The maximum atomic E-state index is 13.3. The summed E-state index contributed by atoms with van der Waals surface area (Å²) in [5, 5.41) is 14.7. The van der Waals surface area contributed by atoms with Crippen molar-refractivity contribution in [2.24, 2.45) is 0 Å². The monoisotopic (exact) mass is 462 g/mol. The second kappa shape index (κ2) is 10.3. The Bertz CT molecular complexity index is 1180. The second-order valence-corrected chi connectivity index (χ2v) is 9.83. The summed E-state index contributed by atoms with van der Waals surface area (Å²) in [6, 6.07) is 11.7. The molecule has 0 atom stereocenters. The number of fused-ring (bicyclic) bond motifs is 2. The summed E-state index contributed by atoms with van der Waals surface area (Å²) in [7, 11) is 0. The molecule has 7 nitrogen and oxygen atoms in total. The highest BCUT2D eigenvalue weighted by Gasteiger charge is 2.29. The lowest BCUT2D eigenvalue weighted by Crippen LogP contribution is -2.32. The van der Waals surface area contributed by atoms with Crippen LogP contribution < -0.4 is 10.6 Å². The number of amides is 1. The molecule has 1 aliphatic carbocycles. The molecule has 0 saturated carbocycles. The van der Waals surface area contributed by atoms with Crippen molar-refractivity contribution < 1.29 is 14.3 Å². The zero-order valence-electron chi connectivity index (χ0n) is 20.3. The van der Waals surface area contributed by atoms with Crippen LogP contribution in [0.3, 0.4) is 0 Å². The molecule has 1 amide bonds. The Kier molecular flexibility index (Phi) is 7.20. The first-order valence-electron chi connectivity index (χ1n) is 12.2. The van der Waals surface area contributed by atoms with Gasteiger partial charge in [-0.15, -0.1) is 0 Å². The predicted octanol–water partition coefficient (Wildman–Crippen LogP) is 6.05. The van der Waals surface area contributed by atoms with E-state index in [-0.39, 0.29) is 11.9 Å². The molecule has 1 aromatic heterocycles. The van der Waals surface area contributed by atoms with Crippen LogP contribution in [0.4, 0.5) is 10.5 Å². The van der Waals surface area contributed by atoms with Gasteiger partial charge in [-0.25, -0.2) is 4.79 Å². The van der Waals surface area contributed by atoms with E-state index in [0.29, 0.717) is 17.7 Å². The summed E-state index contributed by atoms with van der Waals surface area (Å²) in [6.07, 6.45) is 6.15. The molecular weight excluding hydrogens is 428 g/mol. The number of hydrogen-bond donors (Lipinski definition) is 3. The normalized spacial score (nSPS) is 12.5. The third kappa shape index (κ3) is 5.41. The standard InChI is InChI=1S/C27H34N4O3/c1-27(2,3)34-26(33)29-17-9-7-5-4-6-8-16-28-20-14-10-12-18-23(20)25(32)19-13-11-15-21-22(19)24(18)31-30-21/h10-15,28H,4-9,16-17H2,1-3H3,(H,29,33)(H,30,31). The summed E-state index contributed by atoms with van der Waals surface area (Å²) >= 11 is 0. The van der Waals surface area contributed by atoms with E-state index >= 15 is 0 Å². The minimum atomic E-state index is -0.458. The first-order valence-corrected chi connectivity index (χ1v) is 12.2. The van der Waals surface area contributed by atoms with Crippen LogP contribution in [-0.4, -0.2) is 40.8 Å². The highest BCUT2D eigenvalue weighted by Crippen LogP contribution is 2.40. The SMILES string of the molecule is CC(C)(C)OC(=O)NCCCCCCCCNc1cccc2c1C(=O)c1cccc3[nH]nc-2c13. The molecule has 0 radical (unpaired) electrons. The van der Waals surface area contributed by atoms with Crippen LogP contribution in [0.2, 0.25) is 0 Å². The van der Waals surface area contributed by atoms with Crippen molar-refractivity contribution in [1.29, 1.82) is 0 Å². The molecule has 0 fully saturated rings. The summed E-state index contributed by atoms with van der Waals surface area (Å²) in [4.78, 5) is 24.9.